The van der Waals surface area contributed by atoms with Crippen LogP contribution in [0.15, 0.2) is 0 Å². The van der Waals surface area contributed by atoms with Gasteiger partial charge in [-0.25, -0.2) is 0 Å². The van der Waals surface area contributed by atoms with Crippen molar-refractivity contribution in [2.24, 2.45) is 0 Å². The molecule has 0 amide bonds. The lowest BCUT2D eigenvalue weighted by Gasteiger charge is -2.28. The Morgan fingerprint density at radius 2 is 1.45 bits per heavy atom. The van der Waals surface area contributed by atoms with Gasteiger partial charge in [0.1, 0.15) is 4.32 Å². The molecule has 22 heavy (non-hydrogen) atoms. The maximum absolute atomic E-state index is 5.47. The molecule has 1 saturated heterocycles. The lowest BCUT2D eigenvalue weighted by Crippen LogP contribution is -2.38. The molecule has 1 aliphatic heterocycles. The van der Waals surface area contributed by atoms with Crippen LogP contribution in [0.2, 0.25) is 0 Å². The fourth-order valence-corrected chi connectivity index (χ4v) is 5.17. The summed E-state index contributed by atoms with van der Waals surface area (Å²) in [7, 11) is 3.71. The third-order valence-electron chi connectivity index (χ3n) is 3.98. The van der Waals surface area contributed by atoms with E-state index in [4.69, 9.17) is 17.0 Å². The molecule has 0 spiro atoms. The van der Waals surface area contributed by atoms with E-state index in [0.29, 0.717) is 0 Å². The van der Waals surface area contributed by atoms with Gasteiger partial charge >= 0.3 is 0 Å². The lowest BCUT2D eigenvalue weighted by atomic mass is 10.1. The van der Waals surface area contributed by atoms with Crippen LogP contribution in [0.1, 0.15) is 71.1 Å². The number of morpholine rings is 1. The second-order valence-corrected chi connectivity index (χ2v) is 9.00. The van der Waals surface area contributed by atoms with Crippen molar-refractivity contribution in [3.8, 4) is 0 Å². The molecule has 0 unspecified atom stereocenters. The van der Waals surface area contributed by atoms with Crippen LogP contribution in [-0.2, 0) is 4.74 Å². The highest BCUT2D eigenvalue weighted by molar-refractivity contribution is 8.83. The molecule has 1 rings (SSSR count). The number of hydrogen-bond donors (Lipinski definition) is 0. The molecular formula is C17H33NOS3. The highest BCUT2D eigenvalue weighted by atomic mass is 33.1. The summed E-state index contributed by atoms with van der Waals surface area (Å²) in [5.41, 5.74) is 0. The average molecular weight is 364 g/mol. The molecule has 5 heteroatoms. The topological polar surface area (TPSA) is 12.5 Å². The van der Waals surface area contributed by atoms with Gasteiger partial charge in [-0.1, -0.05) is 87.7 Å². The Morgan fingerprint density at radius 1 is 0.909 bits per heavy atom. The molecule has 0 radical (unpaired) electrons. The van der Waals surface area contributed by atoms with Gasteiger partial charge in [-0.3, -0.25) is 0 Å². The zero-order valence-corrected chi connectivity index (χ0v) is 16.6. The standard InChI is InChI=1S/C17H33NOS3/c1-2-3-4-5-6-7-8-9-10-11-16-21-22-17(20)18-12-14-19-15-13-18/h2-16H2,1H3. The summed E-state index contributed by atoms with van der Waals surface area (Å²) < 4.78 is 6.39. The van der Waals surface area contributed by atoms with Crippen molar-refractivity contribution < 1.29 is 4.74 Å². The molecule has 0 aliphatic carbocycles. The maximum atomic E-state index is 5.47. The number of nitrogens with zero attached hydrogens (tertiary/aromatic N) is 1. The summed E-state index contributed by atoms with van der Waals surface area (Å²) in [5.74, 6) is 1.23. The predicted molar refractivity (Wildman–Crippen MR) is 107 cm³/mol. The minimum absolute atomic E-state index is 0.823. The Morgan fingerprint density at radius 3 is 2.05 bits per heavy atom. The Kier molecular flexibility index (Phi) is 14.1. The van der Waals surface area contributed by atoms with E-state index in [0.717, 1.165) is 30.6 Å². The van der Waals surface area contributed by atoms with Crippen molar-refractivity contribution in [3.63, 3.8) is 0 Å². The van der Waals surface area contributed by atoms with Gasteiger partial charge in [0, 0.05) is 18.8 Å². The second kappa shape index (κ2) is 15.1. The van der Waals surface area contributed by atoms with Gasteiger partial charge in [-0.15, -0.1) is 0 Å². The fraction of sp³-hybridized carbons (Fsp3) is 0.941. The van der Waals surface area contributed by atoms with Gasteiger partial charge in [0.25, 0.3) is 0 Å². The molecular weight excluding hydrogens is 330 g/mol. The molecule has 0 atom stereocenters. The monoisotopic (exact) mass is 363 g/mol. The highest BCUT2D eigenvalue weighted by Crippen LogP contribution is 2.27. The number of unbranched alkanes of at least 4 members (excludes halogenated alkanes) is 9. The van der Waals surface area contributed by atoms with E-state index in [1.165, 1.54) is 70.0 Å². The first-order valence-corrected chi connectivity index (χ1v) is 11.7. The predicted octanol–water partition coefficient (Wildman–Crippen LogP) is 5.91. The second-order valence-electron chi connectivity index (χ2n) is 5.95. The van der Waals surface area contributed by atoms with Gasteiger partial charge in [-0.2, -0.15) is 0 Å². The summed E-state index contributed by atoms with van der Waals surface area (Å²) in [4.78, 5) is 2.27. The Hall–Kier alpha value is 0.550. The van der Waals surface area contributed by atoms with E-state index < -0.39 is 0 Å². The first kappa shape index (κ1) is 20.6. The smallest absolute Gasteiger partial charge is 0.147 e. The Bertz CT molecular complexity index is 271. The van der Waals surface area contributed by atoms with Crippen molar-refractivity contribution in [1.82, 2.24) is 4.90 Å². The van der Waals surface area contributed by atoms with Gasteiger partial charge < -0.3 is 9.64 Å². The van der Waals surface area contributed by atoms with Crippen LogP contribution < -0.4 is 0 Å². The van der Waals surface area contributed by atoms with Gasteiger partial charge in [-0.05, 0) is 17.2 Å². The molecule has 0 aromatic carbocycles. The summed E-state index contributed by atoms with van der Waals surface area (Å²) >= 11 is 5.47. The van der Waals surface area contributed by atoms with Crippen molar-refractivity contribution in [3.05, 3.63) is 0 Å². The van der Waals surface area contributed by atoms with Crippen molar-refractivity contribution in [2.45, 2.75) is 71.1 Å². The average Bonchev–Trinajstić information content (AvgIpc) is 2.56. The third kappa shape index (κ3) is 11.1. The summed E-state index contributed by atoms with van der Waals surface area (Å²) in [6.45, 7) is 5.85. The van der Waals surface area contributed by atoms with E-state index in [2.05, 4.69) is 11.8 Å². The molecule has 1 fully saturated rings. The van der Waals surface area contributed by atoms with Crippen molar-refractivity contribution in [2.75, 3.05) is 32.1 Å². The molecule has 0 aromatic rings. The quantitative estimate of drug-likeness (QED) is 0.242. The summed E-state index contributed by atoms with van der Waals surface area (Å²) in [6, 6.07) is 0. The first-order valence-electron chi connectivity index (χ1n) is 9.00. The summed E-state index contributed by atoms with van der Waals surface area (Å²) in [6.07, 6.45) is 14.1. The zero-order valence-electron chi connectivity index (χ0n) is 14.2. The molecule has 0 saturated carbocycles. The number of thiocarbonyl (C=S) groups is 1. The molecule has 0 bridgehead atoms. The Labute approximate surface area is 150 Å². The van der Waals surface area contributed by atoms with Gasteiger partial charge in [0.05, 0.1) is 13.2 Å². The minimum Gasteiger partial charge on any atom is -0.378 e. The van der Waals surface area contributed by atoms with Crippen LogP contribution in [0.5, 0.6) is 0 Å². The zero-order chi connectivity index (χ0) is 15.9. The third-order valence-corrected chi connectivity index (χ3v) is 7.11. The van der Waals surface area contributed by atoms with E-state index >= 15 is 0 Å². The molecule has 1 aliphatic rings. The fourth-order valence-electron chi connectivity index (χ4n) is 2.54. The maximum Gasteiger partial charge on any atom is 0.147 e. The number of rotatable bonds is 12. The minimum atomic E-state index is 0.823. The van der Waals surface area contributed by atoms with Crippen molar-refractivity contribution >= 4 is 38.1 Å². The number of ether oxygens (including phenoxy) is 1. The van der Waals surface area contributed by atoms with Crippen LogP contribution in [0.4, 0.5) is 0 Å². The summed E-state index contributed by atoms with van der Waals surface area (Å²) in [5, 5.41) is 0. The number of hydrogen-bond acceptors (Lipinski definition) is 4. The van der Waals surface area contributed by atoms with Crippen LogP contribution in [0.3, 0.4) is 0 Å². The molecule has 0 N–H and O–H groups in total. The normalized spacial score (nSPS) is 15.2. The Balaban J connectivity index is 1.78. The van der Waals surface area contributed by atoms with E-state index in [-0.39, 0.29) is 0 Å². The van der Waals surface area contributed by atoms with Crippen molar-refractivity contribution in [1.29, 1.82) is 0 Å². The molecule has 1 heterocycles. The lowest BCUT2D eigenvalue weighted by molar-refractivity contribution is 0.0703. The van der Waals surface area contributed by atoms with E-state index in [1.54, 1.807) is 10.8 Å². The van der Waals surface area contributed by atoms with E-state index in [9.17, 15) is 0 Å². The SMILES string of the molecule is CCCCCCCCCCCCSSC(=S)N1CCOCC1. The van der Waals surface area contributed by atoms with Crippen LogP contribution in [0.25, 0.3) is 0 Å². The first-order chi connectivity index (χ1) is 10.8. The van der Waals surface area contributed by atoms with Crippen LogP contribution in [0, 0.1) is 0 Å². The van der Waals surface area contributed by atoms with Crippen LogP contribution >= 0.6 is 33.8 Å². The molecule has 0 aromatic heterocycles. The van der Waals surface area contributed by atoms with Gasteiger partial charge in [0.2, 0.25) is 0 Å². The van der Waals surface area contributed by atoms with Gasteiger partial charge in [0.15, 0.2) is 0 Å². The highest BCUT2D eigenvalue weighted by Gasteiger charge is 2.13. The largest absolute Gasteiger partial charge is 0.378 e. The van der Waals surface area contributed by atoms with Crippen LogP contribution in [-0.4, -0.2) is 41.3 Å². The molecule has 2 nitrogen and oxygen atoms in total. The molecule has 130 valence electrons. The van der Waals surface area contributed by atoms with E-state index in [1.807, 2.05) is 10.8 Å².